The van der Waals surface area contributed by atoms with E-state index in [0.717, 1.165) is 38.3 Å². The van der Waals surface area contributed by atoms with Gasteiger partial charge in [-0.15, -0.1) is 24.8 Å². The van der Waals surface area contributed by atoms with Crippen LogP contribution >= 0.6 is 24.8 Å². The molecule has 1 saturated heterocycles. The highest BCUT2D eigenvalue weighted by atomic mass is 35.5. The number of amides is 1. The number of benzene rings is 1. The fourth-order valence-electron chi connectivity index (χ4n) is 2.80. The van der Waals surface area contributed by atoms with Gasteiger partial charge in [0.1, 0.15) is 6.04 Å². The Bertz CT molecular complexity index is 660. The van der Waals surface area contributed by atoms with Crippen LogP contribution in [-0.2, 0) is 4.79 Å². The Balaban J connectivity index is 0.00000169. The monoisotopic (exact) mass is 401 g/mol. The molecule has 1 fully saturated rings. The number of hydrogen-bond acceptors (Lipinski definition) is 6. The van der Waals surface area contributed by atoms with Crippen molar-refractivity contribution in [3.05, 3.63) is 30.3 Å². The van der Waals surface area contributed by atoms with Gasteiger partial charge in [-0.2, -0.15) is 4.68 Å². The molecular weight excluding hydrogens is 377 g/mol. The molecule has 8 nitrogen and oxygen atoms in total. The van der Waals surface area contributed by atoms with Crippen molar-refractivity contribution in [2.24, 2.45) is 0 Å². The molecule has 10 heteroatoms. The van der Waals surface area contributed by atoms with E-state index < -0.39 is 0 Å². The van der Waals surface area contributed by atoms with Crippen molar-refractivity contribution < 1.29 is 4.79 Å². The molecule has 1 aromatic carbocycles. The minimum absolute atomic E-state index is 0. The largest absolute Gasteiger partial charge is 0.341 e. The third kappa shape index (κ3) is 5.30. The van der Waals surface area contributed by atoms with Crippen LogP contribution in [0.4, 0.5) is 5.95 Å². The maximum atomic E-state index is 12.8. The number of halogens is 2. The van der Waals surface area contributed by atoms with Crippen molar-refractivity contribution in [3.63, 3.8) is 0 Å². The molecule has 1 unspecified atom stereocenters. The molecule has 0 spiro atoms. The average Bonchev–Trinajstić information content (AvgIpc) is 2.91. The van der Waals surface area contributed by atoms with E-state index in [2.05, 4.69) is 26.2 Å². The van der Waals surface area contributed by atoms with Gasteiger partial charge in [-0.3, -0.25) is 4.79 Å². The summed E-state index contributed by atoms with van der Waals surface area (Å²) in [5.74, 6) is 0.582. The molecule has 3 rings (SSSR count). The van der Waals surface area contributed by atoms with Crippen molar-refractivity contribution in [3.8, 4) is 5.69 Å². The van der Waals surface area contributed by atoms with Crippen molar-refractivity contribution >= 4 is 36.7 Å². The number of carbonyl (C=O) groups excluding carboxylic acids is 1. The lowest BCUT2D eigenvalue weighted by Crippen LogP contribution is -2.44. The predicted molar refractivity (Wildman–Crippen MR) is 105 cm³/mol. The van der Waals surface area contributed by atoms with E-state index in [1.165, 1.54) is 0 Å². The second-order valence-electron chi connectivity index (χ2n) is 5.78. The van der Waals surface area contributed by atoms with Crippen LogP contribution < -0.4 is 10.6 Å². The number of rotatable bonds is 5. The van der Waals surface area contributed by atoms with E-state index in [-0.39, 0.29) is 36.8 Å². The van der Waals surface area contributed by atoms with Crippen LogP contribution in [0.25, 0.3) is 5.69 Å². The Labute approximate surface area is 165 Å². The summed E-state index contributed by atoms with van der Waals surface area (Å²) in [6.45, 7) is 5.31. The molecule has 0 aliphatic carbocycles. The zero-order valence-corrected chi connectivity index (χ0v) is 16.3. The number of nitrogens with zero attached hydrogens (tertiary/aromatic N) is 5. The van der Waals surface area contributed by atoms with Gasteiger partial charge in [0, 0.05) is 19.6 Å². The maximum absolute atomic E-state index is 12.8. The summed E-state index contributed by atoms with van der Waals surface area (Å²) < 4.78 is 1.61. The lowest BCUT2D eigenvalue weighted by molar-refractivity contribution is -0.131. The van der Waals surface area contributed by atoms with Gasteiger partial charge in [0.15, 0.2) is 0 Å². The summed E-state index contributed by atoms with van der Waals surface area (Å²) in [7, 11) is 0. The number of anilines is 1. The topological polar surface area (TPSA) is 88.0 Å². The smallest absolute Gasteiger partial charge is 0.248 e. The van der Waals surface area contributed by atoms with Crippen LogP contribution in [0.5, 0.6) is 0 Å². The van der Waals surface area contributed by atoms with Crippen molar-refractivity contribution in [2.75, 3.05) is 31.5 Å². The number of hydrogen-bond donors (Lipinski definition) is 2. The number of aromatic nitrogens is 4. The molecule has 2 heterocycles. The van der Waals surface area contributed by atoms with Gasteiger partial charge >= 0.3 is 0 Å². The molecular formula is C16H25Cl2N7O. The summed E-state index contributed by atoms with van der Waals surface area (Å²) in [5.41, 5.74) is 0.853. The SMILES string of the molecule is CCC(Nc1nnnn1-c1ccccc1)C(=O)N1CCCNCC1.Cl.Cl. The van der Waals surface area contributed by atoms with Crippen molar-refractivity contribution in [2.45, 2.75) is 25.8 Å². The Morgan fingerprint density at radius 1 is 1.23 bits per heavy atom. The molecule has 0 saturated carbocycles. The molecule has 2 aromatic rings. The van der Waals surface area contributed by atoms with Crippen LogP contribution in [-0.4, -0.2) is 63.2 Å². The fourth-order valence-corrected chi connectivity index (χ4v) is 2.80. The van der Waals surface area contributed by atoms with Gasteiger partial charge in [0.25, 0.3) is 0 Å². The average molecular weight is 402 g/mol. The second kappa shape index (κ2) is 10.9. The quantitative estimate of drug-likeness (QED) is 0.789. The van der Waals surface area contributed by atoms with Crippen molar-refractivity contribution in [1.29, 1.82) is 0 Å². The molecule has 1 aromatic heterocycles. The molecule has 1 amide bonds. The van der Waals surface area contributed by atoms with Gasteiger partial charge in [-0.1, -0.05) is 30.2 Å². The first-order chi connectivity index (χ1) is 11.8. The predicted octanol–water partition coefficient (Wildman–Crippen LogP) is 1.52. The highest BCUT2D eigenvalue weighted by Crippen LogP contribution is 2.14. The van der Waals surface area contributed by atoms with E-state index in [0.29, 0.717) is 12.4 Å². The van der Waals surface area contributed by atoms with Gasteiger partial charge in [0.2, 0.25) is 11.9 Å². The van der Waals surface area contributed by atoms with E-state index in [1.54, 1.807) is 4.68 Å². The third-order valence-electron chi connectivity index (χ3n) is 4.13. The minimum atomic E-state index is -0.337. The number of tetrazole rings is 1. The number of para-hydroxylation sites is 1. The molecule has 144 valence electrons. The molecule has 0 bridgehead atoms. The normalized spacial score (nSPS) is 15.2. The first-order valence-corrected chi connectivity index (χ1v) is 8.39. The molecule has 1 aliphatic heterocycles. The lowest BCUT2D eigenvalue weighted by atomic mass is 10.2. The van der Waals surface area contributed by atoms with E-state index in [9.17, 15) is 4.79 Å². The highest BCUT2D eigenvalue weighted by Gasteiger charge is 2.25. The molecule has 26 heavy (non-hydrogen) atoms. The zero-order valence-electron chi connectivity index (χ0n) is 14.7. The van der Waals surface area contributed by atoms with Gasteiger partial charge in [-0.05, 0) is 41.9 Å². The highest BCUT2D eigenvalue weighted by molar-refractivity contribution is 5.85. The summed E-state index contributed by atoms with van der Waals surface area (Å²) in [4.78, 5) is 14.7. The van der Waals surface area contributed by atoms with Gasteiger partial charge in [-0.25, -0.2) is 0 Å². The fraction of sp³-hybridized carbons (Fsp3) is 0.500. The standard InChI is InChI=1S/C16H23N7O.2ClH/c1-2-14(15(24)22-11-6-9-17-10-12-22)18-16-19-20-21-23(16)13-7-4-3-5-8-13;;/h3-5,7-8,14,17H,2,6,9-12H2,1H3,(H,18,19,21);2*1H. The minimum Gasteiger partial charge on any atom is -0.341 e. The van der Waals surface area contributed by atoms with Crippen LogP contribution in [0.2, 0.25) is 0 Å². The number of nitrogens with one attached hydrogen (secondary N) is 2. The second-order valence-corrected chi connectivity index (χ2v) is 5.78. The summed E-state index contributed by atoms with van der Waals surface area (Å²) in [6.07, 6.45) is 1.65. The van der Waals surface area contributed by atoms with Gasteiger partial charge < -0.3 is 15.5 Å². The third-order valence-corrected chi connectivity index (χ3v) is 4.13. The molecule has 1 aliphatic rings. The Morgan fingerprint density at radius 2 is 2.00 bits per heavy atom. The molecule has 2 N–H and O–H groups in total. The summed E-state index contributed by atoms with van der Waals surface area (Å²) >= 11 is 0. The summed E-state index contributed by atoms with van der Waals surface area (Å²) in [5, 5.41) is 18.3. The number of carbonyl (C=O) groups is 1. The van der Waals surface area contributed by atoms with Crippen molar-refractivity contribution in [1.82, 2.24) is 30.4 Å². The summed E-state index contributed by atoms with van der Waals surface area (Å²) in [6, 6.07) is 9.29. The molecule has 0 radical (unpaired) electrons. The lowest BCUT2D eigenvalue weighted by Gasteiger charge is -2.26. The molecule has 1 atom stereocenters. The van der Waals surface area contributed by atoms with Gasteiger partial charge in [0.05, 0.1) is 5.69 Å². The van der Waals surface area contributed by atoms with Crippen LogP contribution in [0.15, 0.2) is 30.3 Å². The first kappa shape index (κ1) is 22.1. The van der Waals surface area contributed by atoms with Crippen LogP contribution in [0, 0.1) is 0 Å². The Morgan fingerprint density at radius 3 is 2.73 bits per heavy atom. The van der Waals surface area contributed by atoms with Crippen LogP contribution in [0.1, 0.15) is 19.8 Å². The van der Waals surface area contributed by atoms with E-state index in [4.69, 9.17) is 0 Å². The van der Waals surface area contributed by atoms with Crippen LogP contribution in [0.3, 0.4) is 0 Å². The Hall–Kier alpha value is -1.90. The van der Waals surface area contributed by atoms with E-state index in [1.807, 2.05) is 42.2 Å². The maximum Gasteiger partial charge on any atom is 0.248 e. The first-order valence-electron chi connectivity index (χ1n) is 8.39. The zero-order chi connectivity index (χ0) is 16.8. The Kier molecular flexibility index (Phi) is 9.32. The van der Waals surface area contributed by atoms with E-state index >= 15 is 0 Å².